The van der Waals surface area contributed by atoms with Crippen molar-refractivity contribution in [1.82, 2.24) is 10.3 Å². The molecular weight excluding hydrogens is 308 g/mol. The fourth-order valence-corrected chi connectivity index (χ4v) is 4.15. The Morgan fingerprint density at radius 2 is 2.26 bits per heavy atom. The summed E-state index contributed by atoms with van der Waals surface area (Å²) in [5.74, 6) is 0.477. The van der Waals surface area contributed by atoms with Gasteiger partial charge in [0.05, 0.1) is 18.8 Å². The molecule has 0 saturated heterocycles. The van der Waals surface area contributed by atoms with E-state index in [1.165, 1.54) is 11.1 Å². The van der Waals surface area contributed by atoms with Crippen LogP contribution in [0, 0.1) is 6.92 Å². The fraction of sp³-hybridized carbons (Fsp3) is 0.444. The Balaban J connectivity index is 1.54. The molecule has 0 bridgehead atoms. The molecule has 1 aliphatic carbocycles. The van der Waals surface area contributed by atoms with Gasteiger partial charge in [-0.05, 0) is 36.8 Å². The number of amides is 1. The molecule has 1 heterocycles. The summed E-state index contributed by atoms with van der Waals surface area (Å²) in [5.41, 5.74) is 3.72. The number of hydrogen-bond acceptors (Lipinski definition) is 4. The lowest BCUT2D eigenvalue weighted by molar-refractivity contribution is -0.121. The molecule has 3 rings (SSSR count). The highest BCUT2D eigenvalue weighted by molar-refractivity contribution is 7.11. The topological polar surface area (TPSA) is 51.2 Å². The Morgan fingerprint density at radius 3 is 3.09 bits per heavy atom. The van der Waals surface area contributed by atoms with Gasteiger partial charge in [0, 0.05) is 18.4 Å². The molecule has 0 saturated carbocycles. The Kier molecular flexibility index (Phi) is 5.08. The van der Waals surface area contributed by atoms with Gasteiger partial charge in [0.25, 0.3) is 0 Å². The molecule has 4 nitrogen and oxygen atoms in total. The first-order valence-electron chi connectivity index (χ1n) is 7.96. The maximum Gasteiger partial charge on any atom is 0.220 e. The highest BCUT2D eigenvalue weighted by Gasteiger charge is 2.24. The zero-order chi connectivity index (χ0) is 16.2. The van der Waals surface area contributed by atoms with E-state index in [1.807, 2.05) is 6.92 Å². The molecule has 0 aliphatic heterocycles. The SMILES string of the molecule is COCc1nc(C)c(CNC(=O)C[C@H]2CCc3ccccc32)s1. The van der Waals surface area contributed by atoms with Gasteiger partial charge in [-0.3, -0.25) is 4.79 Å². The van der Waals surface area contributed by atoms with Crippen LogP contribution in [0.3, 0.4) is 0 Å². The standard InChI is InChI=1S/C18H22N2O2S/c1-12-16(23-18(20-12)11-22-2)10-19-17(21)9-14-8-7-13-5-3-4-6-15(13)14/h3-6,14H,7-11H2,1-2H3,(H,19,21)/t14-/m1/s1. The molecule has 5 heteroatoms. The number of aryl methyl sites for hydroxylation is 2. The molecule has 2 aromatic rings. The van der Waals surface area contributed by atoms with Crippen molar-refractivity contribution in [3.8, 4) is 0 Å². The van der Waals surface area contributed by atoms with Gasteiger partial charge in [0.2, 0.25) is 5.91 Å². The van der Waals surface area contributed by atoms with Crippen molar-refractivity contribution < 1.29 is 9.53 Å². The summed E-state index contributed by atoms with van der Waals surface area (Å²) < 4.78 is 5.10. The first kappa shape index (κ1) is 16.1. The summed E-state index contributed by atoms with van der Waals surface area (Å²) in [7, 11) is 1.66. The number of carbonyl (C=O) groups is 1. The zero-order valence-electron chi connectivity index (χ0n) is 13.6. The van der Waals surface area contributed by atoms with Gasteiger partial charge in [-0.1, -0.05) is 24.3 Å². The van der Waals surface area contributed by atoms with Crippen LogP contribution >= 0.6 is 11.3 Å². The highest BCUT2D eigenvalue weighted by Crippen LogP contribution is 2.35. The van der Waals surface area contributed by atoms with Crippen molar-refractivity contribution in [3.63, 3.8) is 0 Å². The second-order valence-corrected chi connectivity index (χ2v) is 7.13. The van der Waals surface area contributed by atoms with Gasteiger partial charge in [-0.25, -0.2) is 4.98 Å². The summed E-state index contributed by atoms with van der Waals surface area (Å²) in [4.78, 5) is 17.8. The summed E-state index contributed by atoms with van der Waals surface area (Å²) in [6, 6.07) is 8.47. The van der Waals surface area contributed by atoms with Crippen molar-refractivity contribution >= 4 is 17.2 Å². The van der Waals surface area contributed by atoms with E-state index in [2.05, 4.69) is 34.6 Å². The van der Waals surface area contributed by atoms with Gasteiger partial charge in [-0.15, -0.1) is 11.3 Å². The number of fused-ring (bicyclic) bond motifs is 1. The summed E-state index contributed by atoms with van der Waals surface area (Å²) >= 11 is 1.61. The number of benzene rings is 1. The van der Waals surface area contributed by atoms with Crippen LogP contribution in [0.1, 0.15) is 45.5 Å². The minimum atomic E-state index is 0.118. The molecule has 1 aromatic heterocycles. The molecular formula is C18H22N2O2S. The largest absolute Gasteiger partial charge is 0.378 e. The van der Waals surface area contributed by atoms with Crippen molar-refractivity contribution in [3.05, 3.63) is 51.0 Å². The van der Waals surface area contributed by atoms with Crippen LogP contribution in [0.25, 0.3) is 0 Å². The molecule has 0 fully saturated rings. The van der Waals surface area contributed by atoms with Gasteiger partial charge in [0.1, 0.15) is 5.01 Å². The lowest BCUT2D eigenvalue weighted by atomic mass is 9.97. The fourth-order valence-electron chi connectivity index (χ4n) is 3.17. The lowest BCUT2D eigenvalue weighted by Crippen LogP contribution is -2.24. The van der Waals surface area contributed by atoms with Crippen LogP contribution in [0.5, 0.6) is 0 Å². The number of carbonyl (C=O) groups excluding carboxylic acids is 1. The molecule has 122 valence electrons. The first-order chi connectivity index (χ1) is 11.2. The third-order valence-electron chi connectivity index (χ3n) is 4.34. The number of nitrogens with zero attached hydrogens (tertiary/aromatic N) is 1. The van der Waals surface area contributed by atoms with E-state index in [9.17, 15) is 4.79 Å². The third kappa shape index (κ3) is 3.79. The van der Waals surface area contributed by atoms with Crippen LogP contribution < -0.4 is 5.32 Å². The Bertz CT molecular complexity index is 696. The maximum atomic E-state index is 12.3. The van der Waals surface area contributed by atoms with E-state index in [0.29, 0.717) is 25.5 Å². The third-order valence-corrected chi connectivity index (χ3v) is 5.47. The average molecular weight is 330 g/mol. The molecule has 1 aromatic carbocycles. The maximum absolute atomic E-state index is 12.3. The monoisotopic (exact) mass is 330 g/mol. The first-order valence-corrected chi connectivity index (χ1v) is 8.77. The van der Waals surface area contributed by atoms with Gasteiger partial charge in [-0.2, -0.15) is 0 Å². The van der Waals surface area contributed by atoms with Crippen LogP contribution in [0.15, 0.2) is 24.3 Å². The number of ether oxygens (including phenoxy) is 1. The predicted molar refractivity (Wildman–Crippen MR) is 91.5 cm³/mol. The number of nitrogens with one attached hydrogen (secondary N) is 1. The van der Waals surface area contributed by atoms with Crippen molar-refractivity contribution in [1.29, 1.82) is 0 Å². The van der Waals surface area contributed by atoms with E-state index in [4.69, 9.17) is 4.74 Å². The summed E-state index contributed by atoms with van der Waals surface area (Å²) in [6.45, 7) is 3.06. The molecule has 0 spiro atoms. The molecule has 23 heavy (non-hydrogen) atoms. The van der Waals surface area contributed by atoms with Crippen LogP contribution in [0.2, 0.25) is 0 Å². The normalized spacial score (nSPS) is 16.3. The van der Waals surface area contributed by atoms with Crippen molar-refractivity contribution in [2.45, 2.75) is 45.3 Å². The number of methoxy groups -OCH3 is 1. The molecule has 0 unspecified atom stereocenters. The van der Waals surface area contributed by atoms with Crippen LogP contribution in [-0.4, -0.2) is 18.0 Å². The van der Waals surface area contributed by atoms with Crippen molar-refractivity contribution in [2.24, 2.45) is 0 Å². The smallest absolute Gasteiger partial charge is 0.220 e. The van der Waals surface area contributed by atoms with E-state index in [0.717, 1.165) is 28.4 Å². The second kappa shape index (κ2) is 7.23. The number of thiazole rings is 1. The molecule has 1 amide bonds. The predicted octanol–water partition coefficient (Wildman–Crippen LogP) is 3.33. The highest BCUT2D eigenvalue weighted by atomic mass is 32.1. The van der Waals surface area contributed by atoms with Crippen LogP contribution in [0.4, 0.5) is 0 Å². The molecule has 1 atom stereocenters. The van der Waals surface area contributed by atoms with Gasteiger partial charge in [0.15, 0.2) is 0 Å². The van der Waals surface area contributed by atoms with Gasteiger partial charge >= 0.3 is 0 Å². The zero-order valence-corrected chi connectivity index (χ0v) is 14.4. The minimum Gasteiger partial charge on any atom is -0.378 e. The molecule has 1 N–H and O–H groups in total. The van der Waals surface area contributed by atoms with Crippen molar-refractivity contribution in [2.75, 3.05) is 7.11 Å². The van der Waals surface area contributed by atoms with E-state index >= 15 is 0 Å². The Morgan fingerprint density at radius 1 is 1.43 bits per heavy atom. The Hall–Kier alpha value is -1.72. The van der Waals surface area contributed by atoms with E-state index < -0.39 is 0 Å². The summed E-state index contributed by atoms with van der Waals surface area (Å²) in [5, 5.41) is 4.00. The Labute approximate surface area is 140 Å². The van der Waals surface area contributed by atoms with Crippen LogP contribution in [-0.2, 0) is 29.1 Å². The summed E-state index contributed by atoms with van der Waals surface area (Å²) in [6.07, 6.45) is 2.73. The average Bonchev–Trinajstić information content (AvgIpc) is 3.10. The lowest BCUT2D eigenvalue weighted by Gasteiger charge is -2.11. The quantitative estimate of drug-likeness (QED) is 0.884. The second-order valence-electron chi connectivity index (χ2n) is 5.96. The molecule has 1 aliphatic rings. The number of aromatic nitrogens is 1. The number of rotatable bonds is 6. The van der Waals surface area contributed by atoms with E-state index in [-0.39, 0.29) is 5.91 Å². The number of hydrogen-bond donors (Lipinski definition) is 1. The molecule has 0 radical (unpaired) electrons. The van der Waals surface area contributed by atoms with E-state index in [1.54, 1.807) is 18.4 Å². The van der Waals surface area contributed by atoms with Gasteiger partial charge < -0.3 is 10.1 Å². The minimum absolute atomic E-state index is 0.118.